The minimum Gasteiger partial charge on any atom is -0.343 e. The van der Waals surface area contributed by atoms with Crippen molar-refractivity contribution in [2.24, 2.45) is 0 Å². The molecule has 10 heteroatoms. The van der Waals surface area contributed by atoms with Crippen LogP contribution in [0.2, 0.25) is 0 Å². The van der Waals surface area contributed by atoms with Gasteiger partial charge in [0.1, 0.15) is 6.04 Å². The molecule has 2 heterocycles. The van der Waals surface area contributed by atoms with Crippen LogP contribution in [0.3, 0.4) is 0 Å². The molecule has 1 aromatic rings. The van der Waals surface area contributed by atoms with Gasteiger partial charge in [0.25, 0.3) is 5.91 Å². The fraction of sp³-hybridized carbons (Fsp3) is 0.571. The number of nitrogens with zero attached hydrogens (tertiary/aromatic N) is 3. The van der Waals surface area contributed by atoms with Gasteiger partial charge in [-0.2, -0.15) is 0 Å². The summed E-state index contributed by atoms with van der Waals surface area (Å²) in [5, 5.41) is 13.7. The number of carbonyl (C=O) groups is 2. The van der Waals surface area contributed by atoms with Crippen LogP contribution in [0.1, 0.15) is 22.5 Å². The Morgan fingerprint density at radius 2 is 2.21 bits per heavy atom. The van der Waals surface area contributed by atoms with Crippen LogP contribution >= 0.6 is 23.7 Å². The number of nitrogens with one attached hydrogen (secondary N) is 1. The van der Waals surface area contributed by atoms with E-state index in [2.05, 4.69) is 5.32 Å². The number of likely N-dealkylation sites (tertiary alicyclic amines) is 1. The molecule has 24 heavy (non-hydrogen) atoms. The smallest absolute Gasteiger partial charge is 0.324 e. The molecule has 1 aliphatic heterocycles. The van der Waals surface area contributed by atoms with Crippen LogP contribution < -0.4 is 5.32 Å². The quantitative estimate of drug-likeness (QED) is 0.597. The van der Waals surface area contributed by atoms with Gasteiger partial charge in [-0.1, -0.05) is 11.3 Å². The lowest BCUT2D eigenvalue weighted by Crippen LogP contribution is -2.47. The Bertz CT molecular complexity index is 609. The summed E-state index contributed by atoms with van der Waals surface area (Å²) >= 11 is 0.847. The van der Waals surface area contributed by atoms with Crippen LogP contribution in [-0.2, 0) is 4.79 Å². The van der Waals surface area contributed by atoms with E-state index in [-0.39, 0.29) is 29.2 Å². The van der Waals surface area contributed by atoms with Crippen molar-refractivity contribution in [3.8, 4) is 0 Å². The van der Waals surface area contributed by atoms with Gasteiger partial charge in [0, 0.05) is 32.7 Å². The van der Waals surface area contributed by atoms with Crippen LogP contribution in [0.5, 0.6) is 0 Å². The van der Waals surface area contributed by atoms with E-state index in [0.717, 1.165) is 17.8 Å². The second-order valence-electron chi connectivity index (χ2n) is 5.41. The highest BCUT2D eigenvalue weighted by molar-refractivity contribution is 7.17. The first kappa shape index (κ1) is 20.3. The molecule has 2 amide bonds. The van der Waals surface area contributed by atoms with Crippen molar-refractivity contribution in [3.05, 3.63) is 27.1 Å². The number of likely N-dealkylation sites (N-methyl/N-ethyl adjacent to an activating group) is 2. The summed E-state index contributed by atoms with van der Waals surface area (Å²) in [5.41, 5.74) is 0. The van der Waals surface area contributed by atoms with Crippen molar-refractivity contribution in [2.75, 3.05) is 33.7 Å². The number of rotatable bonds is 6. The molecule has 0 aliphatic carbocycles. The lowest BCUT2D eigenvalue weighted by atomic mass is 10.2. The van der Waals surface area contributed by atoms with Crippen LogP contribution in [0.4, 0.5) is 5.00 Å². The van der Waals surface area contributed by atoms with Crippen LogP contribution in [0, 0.1) is 10.1 Å². The summed E-state index contributed by atoms with van der Waals surface area (Å²) in [7, 11) is 3.53. The molecule has 0 aromatic carbocycles. The first-order valence-corrected chi connectivity index (χ1v) is 8.22. The second kappa shape index (κ2) is 8.95. The van der Waals surface area contributed by atoms with E-state index in [0.29, 0.717) is 30.9 Å². The van der Waals surface area contributed by atoms with Crippen molar-refractivity contribution in [1.29, 1.82) is 0 Å². The maximum atomic E-state index is 12.6. The van der Waals surface area contributed by atoms with Gasteiger partial charge >= 0.3 is 5.00 Å². The summed E-state index contributed by atoms with van der Waals surface area (Å²) in [6, 6.07) is 2.30. The van der Waals surface area contributed by atoms with Gasteiger partial charge in [-0.3, -0.25) is 19.7 Å². The highest BCUT2D eigenvalue weighted by Gasteiger charge is 2.36. The topological polar surface area (TPSA) is 95.8 Å². The highest BCUT2D eigenvalue weighted by atomic mass is 35.5. The van der Waals surface area contributed by atoms with Gasteiger partial charge in [0.2, 0.25) is 5.91 Å². The number of nitro groups is 1. The van der Waals surface area contributed by atoms with Crippen molar-refractivity contribution in [2.45, 2.75) is 18.9 Å². The Balaban J connectivity index is 0.00000288. The fourth-order valence-corrected chi connectivity index (χ4v) is 3.37. The maximum absolute atomic E-state index is 12.6. The standard InChI is InChI=1S/C14H20N4O4S.ClH/c1-15-7-9-16(2)13(19)10-4-3-8-17(10)14(20)11-5-6-12(23-11)18(21)22;/h5-6,10,15H,3-4,7-9H2,1-2H3;1H. The predicted octanol–water partition coefficient (Wildman–Crippen LogP) is 1.36. The lowest BCUT2D eigenvalue weighted by Gasteiger charge is -2.27. The van der Waals surface area contributed by atoms with Gasteiger partial charge in [-0.15, -0.1) is 12.4 Å². The van der Waals surface area contributed by atoms with Crippen molar-refractivity contribution in [3.63, 3.8) is 0 Å². The Kier molecular flexibility index (Phi) is 7.59. The zero-order valence-corrected chi connectivity index (χ0v) is 15.2. The number of hydrogen-bond acceptors (Lipinski definition) is 6. The average Bonchev–Trinajstić information content (AvgIpc) is 3.19. The first-order chi connectivity index (χ1) is 11.0. The molecule has 0 saturated carbocycles. The largest absolute Gasteiger partial charge is 0.343 e. The molecule has 2 rings (SSSR count). The second-order valence-corrected chi connectivity index (χ2v) is 6.48. The number of amides is 2. The van der Waals surface area contributed by atoms with E-state index in [9.17, 15) is 19.7 Å². The van der Waals surface area contributed by atoms with Crippen LogP contribution in [0.25, 0.3) is 0 Å². The van der Waals surface area contributed by atoms with Gasteiger partial charge in [-0.05, 0) is 26.0 Å². The van der Waals surface area contributed by atoms with Crippen LogP contribution in [0.15, 0.2) is 12.1 Å². The molecule has 1 N–H and O–H groups in total. The molecule has 1 atom stereocenters. The number of thiophene rings is 1. The average molecular weight is 377 g/mol. The Hall–Kier alpha value is -1.71. The summed E-state index contributed by atoms with van der Waals surface area (Å²) < 4.78 is 0. The summed E-state index contributed by atoms with van der Waals surface area (Å²) in [5.74, 6) is -0.391. The fourth-order valence-electron chi connectivity index (χ4n) is 2.59. The van der Waals surface area contributed by atoms with Gasteiger partial charge in [0.15, 0.2) is 0 Å². The minimum absolute atomic E-state index is 0. The Morgan fingerprint density at radius 3 is 2.79 bits per heavy atom. The summed E-state index contributed by atoms with van der Waals surface area (Å²) in [6.45, 7) is 1.75. The van der Waals surface area contributed by atoms with Gasteiger partial charge in [0.05, 0.1) is 9.80 Å². The highest BCUT2D eigenvalue weighted by Crippen LogP contribution is 2.28. The normalized spacial score (nSPS) is 16.6. The van der Waals surface area contributed by atoms with Crippen LogP contribution in [-0.4, -0.2) is 66.3 Å². The lowest BCUT2D eigenvalue weighted by molar-refractivity contribution is -0.380. The third-order valence-corrected chi connectivity index (χ3v) is 4.88. The molecule has 134 valence electrons. The van der Waals surface area contributed by atoms with Crippen molar-refractivity contribution < 1.29 is 14.5 Å². The number of halogens is 1. The molecule has 0 bridgehead atoms. The van der Waals surface area contributed by atoms with Gasteiger partial charge in [-0.25, -0.2) is 0 Å². The van der Waals surface area contributed by atoms with Crippen molar-refractivity contribution in [1.82, 2.24) is 15.1 Å². The predicted molar refractivity (Wildman–Crippen MR) is 93.8 cm³/mol. The molecule has 1 unspecified atom stereocenters. The first-order valence-electron chi connectivity index (χ1n) is 7.40. The van der Waals surface area contributed by atoms with Crippen molar-refractivity contribution >= 4 is 40.6 Å². The third-order valence-electron chi connectivity index (χ3n) is 3.85. The zero-order valence-electron chi connectivity index (χ0n) is 13.6. The van der Waals surface area contributed by atoms with E-state index in [1.165, 1.54) is 17.0 Å². The molecule has 1 saturated heterocycles. The molecule has 0 spiro atoms. The molecule has 1 aromatic heterocycles. The third kappa shape index (κ3) is 4.43. The van der Waals surface area contributed by atoms with Gasteiger partial charge < -0.3 is 15.1 Å². The van der Waals surface area contributed by atoms with E-state index < -0.39 is 11.0 Å². The molecular formula is C14H21ClN4O4S. The monoisotopic (exact) mass is 376 g/mol. The minimum atomic E-state index is -0.514. The number of hydrogen-bond donors (Lipinski definition) is 1. The maximum Gasteiger partial charge on any atom is 0.324 e. The molecule has 1 fully saturated rings. The Labute approximate surface area is 150 Å². The SMILES string of the molecule is CNCCN(C)C(=O)C1CCCN1C(=O)c1ccc([N+](=O)[O-])s1.Cl. The van der Waals surface area contributed by atoms with E-state index in [1.54, 1.807) is 11.9 Å². The zero-order chi connectivity index (χ0) is 17.0. The van der Waals surface area contributed by atoms with E-state index in [4.69, 9.17) is 0 Å². The molecular weight excluding hydrogens is 356 g/mol. The molecule has 0 radical (unpaired) electrons. The molecule has 8 nitrogen and oxygen atoms in total. The summed E-state index contributed by atoms with van der Waals surface area (Å²) in [6.07, 6.45) is 1.39. The Morgan fingerprint density at radius 1 is 1.50 bits per heavy atom. The van der Waals surface area contributed by atoms with E-state index >= 15 is 0 Å². The van der Waals surface area contributed by atoms with E-state index in [1.807, 2.05) is 7.05 Å². The molecule has 1 aliphatic rings. The summed E-state index contributed by atoms with van der Waals surface area (Å²) in [4.78, 5) is 38.8. The number of carbonyl (C=O) groups excluding carboxylic acids is 2.